The predicted molar refractivity (Wildman–Crippen MR) is 85.7 cm³/mol. The summed E-state index contributed by atoms with van der Waals surface area (Å²) in [7, 11) is 3.21. The maximum Gasteiger partial charge on any atom is 0.222 e. The third-order valence-corrected chi connectivity index (χ3v) is 3.41. The van der Waals surface area contributed by atoms with Gasteiger partial charge in [0.25, 0.3) is 0 Å². The van der Waals surface area contributed by atoms with Gasteiger partial charge in [0, 0.05) is 37.0 Å². The average Bonchev–Trinajstić information content (AvgIpc) is 2.62. The molecule has 0 saturated heterocycles. The van der Waals surface area contributed by atoms with E-state index in [1.165, 1.54) is 7.11 Å². The number of halogens is 1. The van der Waals surface area contributed by atoms with Gasteiger partial charge in [-0.15, -0.1) is 0 Å². The maximum absolute atomic E-state index is 13.0. The minimum absolute atomic E-state index is 0.546. The van der Waals surface area contributed by atoms with Crippen LogP contribution >= 0.6 is 0 Å². The van der Waals surface area contributed by atoms with Gasteiger partial charge in [-0.2, -0.15) is 0 Å². The highest BCUT2D eigenvalue weighted by atomic mass is 19.1. The lowest BCUT2D eigenvalue weighted by molar-refractivity contribution is 0.0722. The van der Waals surface area contributed by atoms with Gasteiger partial charge in [0.05, 0.1) is 12.1 Å². The number of methoxy groups -OCH3 is 1. The molecule has 0 amide bonds. The molecule has 2 rings (SSSR count). The van der Waals surface area contributed by atoms with Crippen LogP contribution in [0.4, 0.5) is 10.3 Å². The average molecular weight is 316 g/mol. The van der Waals surface area contributed by atoms with E-state index in [0.717, 1.165) is 16.7 Å². The zero-order chi connectivity index (χ0) is 16.7. The minimum atomic E-state index is -0.894. The van der Waals surface area contributed by atoms with Gasteiger partial charge in [-0.1, -0.05) is 29.4 Å². The molecule has 0 unspecified atom stereocenters. The van der Waals surface area contributed by atoms with Crippen LogP contribution in [0.15, 0.2) is 41.8 Å². The van der Waals surface area contributed by atoms with Gasteiger partial charge in [0.15, 0.2) is 0 Å². The van der Waals surface area contributed by atoms with E-state index in [0.29, 0.717) is 5.95 Å². The fourth-order valence-electron chi connectivity index (χ4n) is 2.23. The number of rotatable bonds is 7. The molecule has 0 aliphatic carbocycles. The number of nitrogens with one attached hydrogen (secondary N) is 1. The molecule has 0 aliphatic rings. The maximum atomic E-state index is 13.0. The van der Waals surface area contributed by atoms with E-state index >= 15 is 0 Å². The van der Waals surface area contributed by atoms with Gasteiger partial charge in [-0.3, -0.25) is 4.39 Å². The summed E-state index contributed by atoms with van der Waals surface area (Å²) in [5, 5.41) is 6.30. The normalized spacial score (nSPS) is 13.0. The molecule has 8 heteroatoms. The van der Waals surface area contributed by atoms with Gasteiger partial charge in [0.2, 0.25) is 5.95 Å². The van der Waals surface area contributed by atoms with Crippen LogP contribution in [-0.4, -0.2) is 36.8 Å². The summed E-state index contributed by atoms with van der Waals surface area (Å²) in [6, 6.07) is 6.46. The number of hydrogen-bond acceptors (Lipinski definition) is 5. The van der Waals surface area contributed by atoms with E-state index in [-0.39, 0.29) is 0 Å². The SMILES string of the molecule is CNc1ncc(-c2ccc([C@@H](OC)[C@@H](CF)N=[N+]=[N-])cc2)cn1. The standard InChI is InChI=1S/C15H17FN6O/c1-18-15-19-8-12(9-20-15)10-3-5-11(6-4-10)14(23-2)13(7-16)21-22-17/h3-6,8-9,13-14H,7H2,1-2H3,(H,18,19,20)/t13-,14-/m1/s1. The van der Waals surface area contributed by atoms with Gasteiger partial charge in [-0.05, 0) is 16.7 Å². The van der Waals surface area contributed by atoms with Crippen molar-refractivity contribution >= 4 is 5.95 Å². The van der Waals surface area contributed by atoms with Gasteiger partial charge in [0.1, 0.15) is 6.67 Å². The van der Waals surface area contributed by atoms with E-state index in [1.54, 1.807) is 19.4 Å². The van der Waals surface area contributed by atoms with Crippen molar-refractivity contribution in [1.82, 2.24) is 9.97 Å². The van der Waals surface area contributed by atoms with Crippen LogP contribution in [0.3, 0.4) is 0 Å². The van der Waals surface area contributed by atoms with Gasteiger partial charge >= 0.3 is 0 Å². The summed E-state index contributed by atoms with van der Waals surface area (Å²) in [5.74, 6) is 0.546. The van der Waals surface area contributed by atoms with Crippen molar-refractivity contribution in [3.63, 3.8) is 0 Å². The van der Waals surface area contributed by atoms with Crippen LogP contribution in [0.1, 0.15) is 11.7 Å². The molecule has 0 radical (unpaired) electrons. The molecule has 0 spiro atoms. The van der Waals surface area contributed by atoms with Crippen LogP contribution in [0.25, 0.3) is 21.6 Å². The first-order valence-electron chi connectivity index (χ1n) is 6.96. The van der Waals surface area contributed by atoms with E-state index in [9.17, 15) is 4.39 Å². The van der Waals surface area contributed by atoms with Crippen molar-refractivity contribution in [3.8, 4) is 11.1 Å². The Morgan fingerprint density at radius 2 is 1.91 bits per heavy atom. The fraction of sp³-hybridized carbons (Fsp3) is 0.333. The Morgan fingerprint density at radius 3 is 2.39 bits per heavy atom. The van der Waals surface area contributed by atoms with Crippen LogP contribution in [0.5, 0.6) is 0 Å². The van der Waals surface area contributed by atoms with Crippen molar-refractivity contribution in [2.75, 3.05) is 26.1 Å². The van der Waals surface area contributed by atoms with E-state index < -0.39 is 18.8 Å². The van der Waals surface area contributed by atoms with Gasteiger partial charge in [-0.25, -0.2) is 9.97 Å². The highest BCUT2D eigenvalue weighted by Crippen LogP contribution is 2.26. The van der Waals surface area contributed by atoms with E-state index in [2.05, 4.69) is 25.3 Å². The zero-order valence-electron chi connectivity index (χ0n) is 12.8. The second-order valence-electron chi connectivity index (χ2n) is 4.75. The van der Waals surface area contributed by atoms with Gasteiger partial charge < -0.3 is 10.1 Å². The summed E-state index contributed by atoms with van der Waals surface area (Å²) in [4.78, 5) is 11.0. The molecule has 120 valence electrons. The van der Waals surface area contributed by atoms with E-state index in [4.69, 9.17) is 10.3 Å². The molecule has 23 heavy (non-hydrogen) atoms. The molecule has 1 aromatic heterocycles. The lowest BCUT2D eigenvalue weighted by Crippen LogP contribution is -2.20. The number of hydrogen-bond donors (Lipinski definition) is 1. The molecule has 0 saturated carbocycles. The molecule has 7 nitrogen and oxygen atoms in total. The Bertz CT molecular complexity index is 669. The molecule has 2 atom stereocenters. The Hall–Kier alpha value is -2.70. The third kappa shape index (κ3) is 3.94. The molecule has 0 bridgehead atoms. The minimum Gasteiger partial charge on any atom is -0.376 e. The summed E-state index contributed by atoms with van der Waals surface area (Å²) < 4.78 is 18.3. The number of anilines is 1. The number of azide groups is 1. The zero-order valence-corrected chi connectivity index (χ0v) is 12.8. The van der Waals surface area contributed by atoms with Crippen LogP contribution in [0, 0.1) is 0 Å². The topological polar surface area (TPSA) is 95.8 Å². The number of nitrogens with zero attached hydrogens (tertiary/aromatic N) is 5. The molecule has 1 N–H and O–H groups in total. The monoisotopic (exact) mass is 316 g/mol. The number of aromatic nitrogens is 2. The molecule has 0 fully saturated rings. The lowest BCUT2D eigenvalue weighted by atomic mass is 10.00. The summed E-state index contributed by atoms with van der Waals surface area (Å²) in [5.41, 5.74) is 11.0. The molecular weight excluding hydrogens is 299 g/mol. The first-order chi connectivity index (χ1) is 11.2. The second-order valence-corrected chi connectivity index (χ2v) is 4.75. The Kier molecular flexibility index (Phi) is 5.85. The predicted octanol–water partition coefficient (Wildman–Crippen LogP) is 3.52. The van der Waals surface area contributed by atoms with Crippen molar-refractivity contribution in [2.45, 2.75) is 12.1 Å². The van der Waals surface area contributed by atoms with E-state index in [1.807, 2.05) is 24.3 Å². The number of benzene rings is 1. The lowest BCUT2D eigenvalue weighted by Gasteiger charge is -2.20. The van der Waals surface area contributed by atoms with Crippen LogP contribution < -0.4 is 5.32 Å². The highest BCUT2D eigenvalue weighted by molar-refractivity contribution is 5.62. The number of alkyl halides is 1. The molecule has 2 aromatic rings. The summed E-state index contributed by atoms with van der Waals surface area (Å²) in [6.45, 7) is -0.788. The smallest absolute Gasteiger partial charge is 0.222 e. The number of ether oxygens (including phenoxy) is 1. The largest absolute Gasteiger partial charge is 0.376 e. The Morgan fingerprint density at radius 1 is 1.26 bits per heavy atom. The highest BCUT2D eigenvalue weighted by Gasteiger charge is 2.22. The molecule has 0 aliphatic heterocycles. The summed E-state index contributed by atoms with van der Waals surface area (Å²) in [6.07, 6.45) is 2.80. The summed E-state index contributed by atoms with van der Waals surface area (Å²) >= 11 is 0. The molecule has 1 heterocycles. The Labute approximate surface area is 133 Å². The third-order valence-electron chi connectivity index (χ3n) is 3.41. The quantitative estimate of drug-likeness (QED) is 0.480. The molecule has 1 aromatic carbocycles. The Balaban J connectivity index is 2.24. The van der Waals surface area contributed by atoms with Crippen molar-refractivity contribution in [3.05, 3.63) is 52.7 Å². The van der Waals surface area contributed by atoms with Crippen molar-refractivity contribution in [1.29, 1.82) is 0 Å². The first-order valence-corrected chi connectivity index (χ1v) is 6.96. The van der Waals surface area contributed by atoms with Crippen LogP contribution in [0.2, 0.25) is 0 Å². The first kappa shape index (κ1) is 16.7. The van der Waals surface area contributed by atoms with Crippen LogP contribution in [-0.2, 0) is 4.74 Å². The van der Waals surface area contributed by atoms with Crippen molar-refractivity contribution < 1.29 is 9.13 Å². The molecular formula is C15H17FN6O. The van der Waals surface area contributed by atoms with Crippen molar-refractivity contribution in [2.24, 2.45) is 5.11 Å². The second kappa shape index (κ2) is 8.07. The fourth-order valence-corrected chi connectivity index (χ4v) is 2.23.